The fourth-order valence-electron chi connectivity index (χ4n) is 2.21. The largest absolute Gasteiger partial charge is 0.366 e. The molecular formula is C14H11FN4O3S. The van der Waals surface area contributed by atoms with E-state index >= 15 is 0 Å². The fraction of sp³-hybridized carbons (Fsp3) is 0. The molecule has 118 valence electrons. The summed E-state index contributed by atoms with van der Waals surface area (Å²) in [6, 6.07) is 7.88. The van der Waals surface area contributed by atoms with Crippen molar-refractivity contribution in [2.45, 2.75) is 4.90 Å². The first-order valence-electron chi connectivity index (χ1n) is 6.38. The number of hydrogen-bond acceptors (Lipinski definition) is 4. The van der Waals surface area contributed by atoms with Crippen molar-refractivity contribution in [3.8, 4) is 5.69 Å². The molecule has 3 aromatic rings. The van der Waals surface area contributed by atoms with Crippen molar-refractivity contribution in [1.29, 1.82) is 0 Å². The maximum absolute atomic E-state index is 13.5. The molecule has 0 aliphatic heterocycles. The monoisotopic (exact) mass is 334 g/mol. The van der Waals surface area contributed by atoms with Crippen LogP contribution in [0.1, 0.15) is 10.4 Å². The van der Waals surface area contributed by atoms with Gasteiger partial charge in [-0.3, -0.25) is 4.79 Å². The molecule has 0 unspecified atom stereocenters. The van der Waals surface area contributed by atoms with E-state index in [1.807, 2.05) is 0 Å². The Balaban J connectivity index is 2.14. The van der Waals surface area contributed by atoms with Crippen LogP contribution in [0.5, 0.6) is 0 Å². The van der Waals surface area contributed by atoms with Gasteiger partial charge in [0.1, 0.15) is 11.3 Å². The first-order valence-corrected chi connectivity index (χ1v) is 7.92. The molecule has 0 bridgehead atoms. The van der Waals surface area contributed by atoms with Crippen LogP contribution in [0.25, 0.3) is 16.6 Å². The van der Waals surface area contributed by atoms with Gasteiger partial charge in [0, 0.05) is 11.6 Å². The summed E-state index contributed by atoms with van der Waals surface area (Å²) in [6.07, 6.45) is 1.51. The first kappa shape index (κ1) is 15.1. The van der Waals surface area contributed by atoms with Gasteiger partial charge in [0.25, 0.3) is 5.91 Å². The van der Waals surface area contributed by atoms with E-state index in [1.165, 1.54) is 41.2 Å². The maximum Gasteiger partial charge on any atom is 0.251 e. The van der Waals surface area contributed by atoms with Gasteiger partial charge in [-0.05, 0) is 36.4 Å². The van der Waals surface area contributed by atoms with Crippen molar-refractivity contribution in [2.75, 3.05) is 0 Å². The van der Waals surface area contributed by atoms with E-state index in [-0.39, 0.29) is 16.0 Å². The van der Waals surface area contributed by atoms with Crippen LogP contribution >= 0.6 is 0 Å². The lowest BCUT2D eigenvalue weighted by Gasteiger charge is -2.02. The van der Waals surface area contributed by atoms with Crippen LogP contribution in [0.4, 0.5) is 4.39 Å². The number of carbonyl (C=O) groups excluding carboxylic acids is 1. The average Bonchev–Trinajstić information content (AvgIpc) is 2.89. The summed E-state index contributed by atoms with van der Waals surface area (Å²) in [5, 5.41) is 9.64. The van der Waals surface area contributed by atoms with Crippen molar-refractivity contribution >= 4 is 26.8 Å². The quantitative estimate of drug-likeness (QED) is 0.739. The number of fused-ring (bicyclic) bond motifs is 1. The lowest BCUT2D eigenvalue weighted by molar-refractivity contribution is 0.100. The summed E-state index contributed by atoms with van der Waals surface area (Å²) < 4.78 is 37.4. The molecule has 23 heavy (non-hydrogen) atoms. The Morgan fingerprint density at radius 2 is 1.83 bits per heavy atom. The van der Waals surface area contributed by atoms with Gasteiger partial charge in [0.15, 0.2) is 0 Å². The highest BCUT2D eigenvalue weighted by atomic mass is 32.2. The second kappa shape index (κ2) is 5.14. The number of sulfonamides is 1. The van der Waals surface area contributed by atoms with Gasteiger partial charge in [-0.2, -0.15) is 5.10 Å². The smallest absolute Gasteiger partial charge is 0.251 e. The van der Waals surface area contributed by atoms with Crippen LogP contribution in [-0.2, 0) is 10.0 Å². The minimum atomic E-state index is -3.79. The third-order valence-electron chi connectivity index (χ3n) is 3.27. The van der Waals surface area contributed by atoms with Gasteiger partial charge < -0.3 is 5.73 Å². The zero-order chi connectivity index (χ0) is 16.8. The summed E-state index contributed by atoms with van der Waals surface area (Å²) in [6.45, 7) is 0. The Bertz CT molecular complexity index is 1030. The Hall–Kier alpha value is -2.78. The molecule has 0 saturated heterocycles. The Morgan fingerprint density at radius 3 is 2.39 bits per heavy atom. The molecule has 1 aromatic heterocycles. The molecule has 4 N–H and O–H groups in total. The summed E-state index contributed by atoms with van der Waals surface area (Å²) in [7, 11) is -3.79. The van der Waals surface area contributed by atoms with Gasteiger partial charge in [-0.15, -0.1) is 0 Å². The number of carbonyl (C=O) groups is 1. The molecule has 3 rings (SSSR count). The Kier molecular flexibility index (Phi) is 3.38. The van der Waals surface area contributed by atoms with Crippen LogP contribution in [0.3, 0.4) is 0 Å². The normalized spacial score (nSPS) is 11.7. The maximum atomic E-state index is 13.5. The number of amides is 1. The minimum absolute atomic E-state index is 0.0279. The van der Waals surface area contributed by atoms with E-state index in [1.54, 1.807) is 0 Å². The molecule has 0 aliphatic carbocycles. The summed E-state index contributed by atoms with van der Waals surface area (Å²) in [5.74, 6) is -1.39. The SMILES string of the molecule is NC(=O)c1cc(F)cc2cn(-c3ccc(S(N)(=O)=O)cc3)nc12. The number of halogens is 1. The predicted molar refractivity (Wildman–Crippen MR) is 80.9 cm³/mol. The third kappa shape index (κ3) is 2.79. The van der Waals surface area contributed by atoms with Gasteiger partial charge >= 0.3 is 0 Å². The molecule has 2 aromatic carbocycles. The van der Waals surface area contributed by atoms with E-state index in [0.29, 0.717) is 11.1 Å². The number of aromatic nitrogens is 2. The molecular weight excluding hydrogens is 323 g/mol. The van der Waals surface area contributed by atoms with E-state index in [2.05, 4.69) is 5.10 Å². The molecule has 0 atom stereocenters. The topological polar surface area (TPSA) is 121 Å². The number of hydrogen-bond donors (Lipinski definition) is 2. The average molecular weight is 334 g/mol. The summed E-state index contributed by atoms with van der Waals surface area (Å²) in [4.78, 5) is 11.4. The second-order valence-corrected chi connectivity index (χ2v) is 6.43. The van der Waals surface area contributed by atoms with Crippen LogP contribution < -0.4 is 10.9 Å². The highest BCUT2D eigenvalue weighted by Gasteiger charge is 2.14. The molecule has 0 fully saturated rings. The lowest BCUT2D eigenvalue weighted by atomic mass is 10.1. The zero-order valence-electron chi connectivity index (χ0n) is 11.6. The number of nitrogens with zero attached hydrogens (tertiary/aromatic N) is 2. The van der Waals surface area contributed by atoms with Gasteiger partial charge in [0.2, 0.25) is 10.0 Å². The number of nitrogens with two attached hydrogens (primary N) is 2. The Labute approximate surface area is 130 Å². The lowest BCUT2D eigenvalue weighted by Crippen LogP contribution is -2.12. The van der Waals surface area contributed by atoms with E-state index in [4.69, 9.17) is 10.9 Å². The Morgan fingerprint density at radius 1 is 1.17 bits per heavy atom. The second-order valence-electron chi connectivity index (χ2n) is 4.87. The van der Waals surface area contributed by atoms with Gasteiger partial charge in [-0.1, -0.05) is 0 Å². The van der Waals surface area contributed by atoms with Crippen molar-refractivity contribution in [1.82, 2.24) is 9.78 Å². The van der Waals surface area contributed by atoms with Crippen LogP contribution in [0, 0.1) is 5.82 Å². The molecule has 7 nitrogen and oxygen atoms in total. The molecule has 0 aliphatic rings. The highest BCUT2D eigenvalue weighted by molar-refractivity contribution is 7.89. The van der Waals surface area contributed by atoms with E-state index < -0.39 is 21.7 Å². The number of primary amides is 1. The van der Waals surface area contributed by atoms with Crippen LogP contribution in [0.2, 0.25) is 0 Å². The van der Waals surface area contributed by atoms with Crippen molar-refractivity contribution in [3.63, 3.8) is 0 Å². The molecule has 0 saturated carbocycles. The van der Waals surface area contributed by atoms with Crippen molar-refractivity contribution in [2.24, 2.45) is 10.9 Å². The number of primary sulfonamides is 1. The highest BCUT2D eigenvalue weighted by Crippen LogP contribution is 2.21. The third-order valence-corrected chi connectivity index (χ3v) is 4.20. The predicted octanol–water partition coefficient (Wildman–Crippen LogP) is 0.911. The van der Waals surface area contributed by atoms with E-state index in [9.17, 15) is 17.6 Å². The molecule has 0 radical (unpaired) electrons. The van der Waals surface area contributed by atoms with Gasteiger partial charge in [-0.25, -0.2) is 22.6 Å². The van der Waals surface area contributed by atoms with Crippen LogP contribution in [-0.4, -0.2) is 24.1 Å². The van der Waals surface area contributed by atoms with E-state index in [0.717, 1.165) is 6.07 Å². The number of rotatable bonds is 3. The minimum Gasteiger partial charge on any atom is -0.366 e. The zero-order valence-corrected chi connectivity index (χ0v) is 12.4. The fourth-order valence-corrected chi connectivity index (χ4v) is 2.72. The number of benzene rings is 2. The molecule has 1 heterocycles. The standard InChI is InChI=1S/C14H11FN4O3S/c15-9-5-8-7-19(18-13(8)12(6-9)14(16)20)10-1-3-11(4-2-10)23(17,21)22/h1-7H,(H2,16,20)(H2,17,21,22). The van der Waals surface area contributed by atoms with Crippen LogP contribution in [0.15, 0.2) is 47.5 Å². The van der Waals surface area contributed by atoms with Crippen molar-refractivity contribution < 1.29 is 17.6 Å². The summed E-state index contributed by atoms with van der Waals surface area (Å²) in [5.41, 5.74) is 5.98. The summed E-state index contributed by atoms with van der Waals surface area (Å²) >= 11 is 0. The molecule has 9 heteroatoms. The first-order chi connectivity index (χ1) is 10.8. The molecule has 0 spiro atoms. The van der Waals surface area contributed by atoms with Gasteiger partial charge in [0.05, 0.1) is 16.1 Å². The van der Waals surface area contributed by atoms with Crippen molar-refractivity contribution in [3.05, 3.63) is 54.0 Å². The molecule has 1 amide bonds.